The van der Waals surface area contributed by atoms with Crippen molar-refractivity contribution in [3.05, 3.63) is 39.9 Å². The van der Waals surface area contributed by atoms with E-state index < -0.39 is 0 Å². The lowest BCUT2D eigenvalue weighted by atomic mass is 9.96. The van der Waals surface area contributed by atoms with Gasteiger partial charge in [-0.25, -0.2) is 0 Å². The second kappa shape index (κ2) is 5.92. The average molecular weight is 276 g/mol. The number of nitro benzene ring substituents is 1. The fourth-order valence-electron chi connectivity index (χ4n) is 2.98. The van der Waals surface area contributed by atoms with E-state index in [9.17, 15) is 10.1 Å². The molecule has 1 aliphatic carbocycles. The number of nitrogens with one attached hydrogen (secondary N) is 1. The molecule has 1 fully saturated rings. The van der Waals surface area contributed by atoms with Gasteiger partial charge in [0.25, 0.3) is 5.69 Å². The molecule has 2 rings (SSSR count). The zero-order chi connectivity index (χ0) is 14.8. The van der Waals surface area contributed by atoms with Gasteiger partial charge in [0.2, 0.25) is 0 Å². The molecule has 2 unspecified atom stereocenters. The number of nitro groups is 1. The predicted molar refractivity (Wildman–Crippen MR) is 80.8 cm³/mol. The van der Waals surface area contributed by atoms with Crippen LogP contribution in [0, 0.1) is 21.4 Å². The Balaban J connectivity index is 2.13. The molecular weight excluding hydrogens is 252 g/mol. The first-order valence-electron chi connectivity index (χ1n) is 7.41. The minimum atomic E-state index is -0.274. The molecule has 1 aliphatic rings. The summed E-state index contributed by atoms with van der Waals surface area (Å²) in [7, 11) is 0. The normalized spacial score (nSPS) is 21.4. The Hall–Kier alpha value is -1.42. The number of hydrogen-bond donors (Lipinski definition) is 1. The molecule has 0 spiro atoms. The second-order valence-electron chi connectivity index (χ2n) is 6.45. The molecule has 0 bridgehead atoms. The number of para-hydroxylation sites is 1. The van der Waals surface area contributed by atoms with Crippen LogP contribution in [0.2, 0.25) is 0 Å². The quantitative estimate of drug-likeness (QED) is 0.612. The van der Waals surface area contributed by atoms with E-state index >= 15 is 0 Å². The van der Waals surface area contributed by atoms with Crippen LogP contribution in [-0.2, 0) is 6.42 Å². The van der Waals surface area contributed by atoms with Crippen molar-refractivity contribution in [2.75, 3.05) is 6.54 Å². The van der Waals surface area contributed by atoms with Crippen LogP contribution >= 0.6 is 0 Å². The molecule has 4 heteroatoms. The number of nitrogens with zero attached hydrogens (tertiary/aromatic N) is 1. The summed E-state index contributed by atoms with van der Waals surface area (Å²) in [6.07, 6.45) is 3.03. The first kappa shape index (κ1) is 15.0. The summed E-state index contributed by atoms with van der Waals surface area (Å²) in [5.74, 6) is 0.619. The van der Waals surface area contributed by atoms with Gasteiger partial charge in [-0.1, -0.05) is 39.0 Å². The third-order valence-electron chi connectivity index (χ3n) is 4.36. The highest BCUT2D eigenvalue weighted by Crippen LogP contribution is 2.54. The highest BCUT2D eigenvalue weighted by atomic mass is 16.6. The van der Waals surface area contributed by atoms with Gasteiger partial charge in [-0.2, -0.15) is 0 Å². The summed E-state index contributed by atoms with van der Waals surface area (Å²) >= 11 is 0. The van der Waals surface area contributed by atoms with Crippen LogP contribution in [0.15, 0.2) is 24.3 Å². The van der Waals surface area contributed by atoms with Crippen molar-refractivity contribution in [3.8, 4) is 0 Å². The van der Waals surface area contributed by atoms with E-state index in [0.29, 0.717) is 17.4 Å². The van der Waals surface area contributed by atoms with Crippen molar-refractivity contribution >= 4 is 5.69 Å². The fourth-order valence-corrected chi connectivity index (χ4v) is 2.98. The first-order valence-corrected chi connectivity index (χ1v) is 7.41. The summed E-state index contributed by atoms with van der Waals surface area (Å²) in [5.41, 5.74) is 1.46. The van der Waals surface area contributed by atoms with Crippen LogP contribution < -0.4 is 5.32 Å². The zero-order valence-electron chi connectivity index (χ0n) is 12.6. The highest BCUT2D eigenvalue weighted by Gasteiger charge is 2.49. The smallest absolute Gasteiger partial charge is 0.272 e. The van der Waals surface area contributed by atoms with E-state index in [1.165, 1.54) is 6.42 Å². The molecule has 0 heterocycles. The first-order chi connectivity index (χ1) is 9.45. The summed E-state index contributed by atoms with van der Waals surface area (Å²) in [5, 5.41) is 14.7. The van der Waals surface area contributed by atoms with Crippen LogP contribution in [0.25, 0.3) is 0 Å². The van der Waals surface area contributed by atoms with Gasteiger partial charge in [-0.3, -0.25) is 10.1 Å². The van der Waals surface area contributed by atoms with Crippen molar-refractivity contribution < 1.29 is 4.92 Å². The van der Waals surface area contributed by atoms with Gasteiger partial charge in [0.05, 0.1) is 4.92 Å². The highest BCUT2D eigenvalue weighted by molar-refractivity contribution is 5.40. The topological polar surface area (TPSA) is 55.2 Å². The lowest BCUT2D eigenvalue weighted by molar-refractivity contribution is -0.385. The predicted octanol–water partition coefficient (Wildman–Crippen LogP) is 3.55. The number of hydrogen-bond acceptors (Lipinski definition) is 3. The maximum atomic E-state index is 11.1. The van der Waals surface area contributed by atoms with E-state index in [1.807, 2.05) is 12.1 Å². The second-order valence-corrected chi connectivity index (χ2v) is 6.45. The molecule has 0 aliphatic heterocycles. The fraction of sp³-hybridized carbons (Fsp3) is 0.625. The summed E-state index contributed by atoms with van der Waals surface area (Å²) < 4.78 is 0. The molecule has 1 aromatic rings. The van der Waals surface area contributed by atoms with E-state index in [4.69, 9.17) is 0 Å². The molecule has 1 saturated carbocycles. The summed E-state index contributed by atoms with van der Waals surface area (Å²) in [6, 6.07) is 7.44. The molecule has 4 nitrogen and oxygen atoms in total. The van der Waals surface area contributed by atoms with Crippen LogP contribution in [0.1, 0.15) is 39.2 Å². The van der Waals surface area contributed by atoms with Crippen molar-refractivity contribution in [1.29, 1.82) is 0 Å². The molecule has 1 aromatic carbocycles. The van der Waals surface area contributed by atoms with Crippen molar-refractivity contribution in [2.24, 2.45) is 11.3 Å². The standard InChI is InChI=1S/C16H24N2O2/c1-4-9-17-14(13-11-16(13,2)3)10-12-7-5-6-8-15(12)18(19)20/h5-8,13-14,17H,4,9-11H2,1-3H3. The number of rotatable bonds is 7. The van der Waals surface area contributed by atoms with Crippen LogP contribution in [-0.4, -0.2) is 17.5 Å². The molecule has 0 amide bonds. The van der Waals surface area contributed by atoms with Crippen LogP contribution in [0.3, 0.4) is 0 Å². The van der Waals surface area contributed by atoms with Gasteiger partial charge >= 0.3 is 0 Å². The van der Waals surface area contributed by atoms with Gasteiger partial charge in [0.1, 0.15) is 0 Å². The zero-order valence-corrected chi connectivity index (χ0v) is 12.6. The Morgan fingerprint density at radius 2 is 2.10 bits per heavy atom. The minimum Gasteiger partial charge on any atom is -0.313 e. The van der Waals surface area contributed by atoms with Gasteiger partial charge in [-0.15, -0.1) is 0 Å². The van der Waals surface area contributed by atoms with Gasteiger partial charge in [-0.05, 0) is 37.1 Å². The largest absolute Gasteiger partial charge is 0.313 e. The maximum absolute atomic E-state index is 11.1. The molecule has 0 aromatic heterocycles. The van der Waals surface area contributed by atoms with E-state index in [0.717, 1.165) is 24.9 Å². The molecule has 2 atom stereocenters. The van der Waals surface area contributed by atoms with Gasteiger partial charge < -0.3 is 5.32 Å². The average Bonchev–Trinajstić information content (AvgIpc) is 3.03. The van der Waals surface area contributed by atoms with Crippen LogP contribution in [0.4, 0.5) is 5.69 Å². The van der Waals surface area contributed by atoms with E-state index in [2.05, 4.69) is 26.1 Å². The lowest BCUT2D eigenvalue weighted by Crippen LogP contribution is -2.35. The van der Waals surface area contributed by atoms with Crippen LogP contribution in [0.5, 0.6) is 0 Å². The molecular formula is C16H24N2O2. The molecule has 0 saturated heterocycles. The minimum absolute atomic E-state index is 0.245. The third-order valence-corrected chi connectivity index (χ3v) is 4.36. The Morgan fingerprint density at radius 3 is 2.65 bits per heavy atom. The molecule has 20 heavy (non-hydrogen) atoms. The lowest BCUT2D eigenvalue weighted by Gasteiger charge is -2.20. The third kappa shape index (κ3) is 3.37. The maximum Gasteiger partial charge on any atom is 0.272 e. The van der Waals surface area contributed by atoms with Crippen molar-refractivity contribution in [3.63, 3.8) is 0 Å². The molecule has 0 radical (unpaired) electrons. The molecule has 110 valence electrons. The van der Waals surface area contributed by atoms with E-state index in [1.54, 1.807) is 12.1 Å². The Morgan fingerprint density at radius 1 is 1.45 bits per heavy atom. The molecule has 1 N–H and O–H groups in total. The Labute approximate surface area is 120 Å². The van der Waals surface area contributed by atoms with Gasteiger partial charge in [0, 0.05) is 17.7 Å². The SMILES string of the molecule is CCCNC(Cc1ccccc1[N+](=O)[O-])C1CC1(C)C. The van der Waals surface area contributed by atoms with Crippen molar-refractivity contribution in [2.45, 2.75) is 46.1 Å². The Kier molecular flexibility index (Phi) is 4.43. The van der Waals surface area contributed by atoms with E-state index in [-0.39, 0.29) is 10.6 Å². The van der Waals surface area contributed by atoms with Crippen molar-refractivity contribution in [1.82, 2.24) is 5.32 Å². The van der Waals surface area contributed by atoms with Gasteiger partial charge in [0.15, 0.2) is 0 Å². The summed E-state index contributed by atoms with van der Waals surface area (Å²) in [6.45, 7) is 7.67. The monoisotopic (exact) mass is 276 g/mol. The number of benzene rings is 1. The Bertz CT molecular complexity index is 485. The summed E-state index contributed by atoms with van der Waals surface area (Å²) in [4.78, 5) is 10.8.